The molecule has 5 heteroatoms. The van der Waals surface area contributed by atoms with E-state index in [1.54, 1.807) is 6.07 Å². The maximum absolute atomic E-state index is 6.08. The lowest BCUT2D eigenvalue weighted by molar-refractivity contribution is 0.362. The summed E-state index contributed by atoms with van der Waals surface area (Å²) in [4.78, 5) is 4.36. The van der Waals surface area contributed by atoms with Gasteiger partial charge >= 0.3 is 0 Å². The minimum absolute atomic E-state index is 0.0999. The first-order valence-electron chi connectivity index (χ1n) is 5.31. The lowest BCUT2D eigenvalue weighted by atomic mass is 9.92. The lowest BCUT2D eigenvalue weighted by Gasteiger charge is -2.14. The zero-order valence-electron chi connectivity index (χ0n) is 9.97. The van der Waals surface area contributed by atoms with Crippen molar-refractivity contribution in [1.82, 2.24) is 4.98 Å². The van der Waals surface area contributed by atoms with Crippen molar-refractivity contribution in [3.8, 4) is 0 Å². The summed E-state index contributed by atoms with van der Waals surface area (Å²) >= 11 is 12.0. The van der Waals surface area contributed by atoms with E-state index in [1.165, 1.54) is 0 Å². The molecule has 0 aliphatic rings. The smallest absolute Gasteiger partial charge is 0.196 e. The quantitative estimate of drug-likeness (QED) is 0.788. The molecule has 0 fully saturated rings. The summed E-state index contributed by atoms with van der Waals surface area (Å²) in [5, 5.41) is 0.748. The second kappa shape index (κ2) is 4.07. The molecule has 0 aliphatic carbocycles. The minimum atomic E-state index is 0.0999. The predicted molar refractivity (Wildman–Crippen MR) is 71.6 cm³/mol. The summed E-state index contributed by atoms with van der Waals surface area (Å²) in [6, 6.07) is 1.65. The van der Waals surface area contributed by atoms with E-state index in [9.17, 15) is 0 Å². The van der Waals surface area contributed by atoms with Crippen LogP contribution in [0.4, 0.5) is 5.69 Å². The van der Waals surface area contributed by atoms with Crippen LogP contribution in [0.1, 0.15) is 26.7 Å². The summed E-state index contributed by atoms with van der Waals surface area (Å²) < 4.78 is 5.63. The molecule has 0 saturated carbocycles. The Labute approximate surface area is 110 Å². The van der Waals surface area contributed by atoms with Crippen molar-refractivity contribution in [2.24, 2.45) is 5.41 Å². The molecule has 0 spiro atoms. The zero-order chi connectivity index (χ0) is 12.8. The molecular weight excluding hydrogens is 259 g/mol. The number of oxazole rings is 1. The number of hydrogen-bond acceptors (Lipinski definition) is 3. The number of hydrogen-bond donors (Lipinski definition) is 1. The molecule has 0 atom stereocenters. The van der Waals surface area contributed by atoms with Gasteiger partial charge in [0.25, 0.3) is 0 Å². The van der Waals surface area contributed by atoms with Gasteiger partial charge in [-0.3, -0.25) is 0 Å². The number of nitrogens with two attached hydrogens (primary N) is 1. The summed E-state index contributed by atoms with van der Waals surface area (Å²) in [6.07, 6.45) is 0.732. The third-order valence-electron chi connectivity index (χ3n) is 2.34. The average Bonchev–Trinajstić information content (AvgIpc) is 2.54. The first-order valence-corrected chi connectivity index (χ1v) is 6.06. The summed E-state index contributed by atoms with van der Waals surface area (Å²) in [5.74, 6) is 0.649. The monoisotopic (exact) mass is 272 g/mol. The van der Waals surface area contributed by atoms with Gasteiger partial charge < -0.3 is 10.2 Å². The van der Waals surface area contributed by atoms with Crippen LogP contribution in [-0.2, 0) is 6.42 Å². The molecule has 2 N–H and O–H groups in total. The van der Waals surface area contributed by atoms with E-state index >= 15 is 0 Å². The van der Waals surface area contributed by atoms with Crippen LogP contribution in [0, 0.1) is 5.41 Å². The van der Waals surface area contributed by atoms with Crippen LogP contribution in [0.5, 0.6) is 0 Å². The van der Waals surface area contributed by atoms with E-state index in [4.69, 9.17) is 33.4 Å². The van der Waals surface area contributed by atoms with Crippen molar-refractivity contribution in [2.75, 3.05) is 5.73 Å². The van der Waals surface area contributed by atoms with E-state index in [-0.39, 0.29) is 5.41 Å². The summed E-state index contributed by atoms with van der Waals surface area (Å²) in [5.41, 5.74) is 7.34. The molecule has 0 aliphatic heterocycles. The van der Waals surface area contributed by atoms with Crippen molar-refractivity contribution < 1.29 is 4.42 Å². The van der Waals surface area contributed by atoms with Crippen LogP contribution < -0.4 is 5.73 Å². The number of anilines is 1. The largest absolute Gasteiger partial charge is 0.441 e. The summed E-state index contributed by atoms with van der Waals surface area (Å²) in [7, 11) is 0. The van der Waals surface area contributed by atoms with Gasteiger partial charge in [-0.2, -0.15) is 0 Å². The molecule has 0 amide bonds. The van der Waals surface area contributed by atoms with E-state index in [0.717, 1.165) is 6.42 Å². The fourth-order valence-electron chi connectivity index (χ4n) is 1.59. The van der Waals surface area contributed by atoms with Gasteiger partial charge in [-0.15, -0.1) is 0 Å². The Morgan fingerprint density at radius 2 is 2.00 bits per heavy atom. The Bertz CT molecular complexity index is 570. The second-order valence-corrected chi connectivity index (χ2v) is 6.06. The molecule has 2 aromatic rings. The third kappa shape index (κ3) is 2.50. The van der Waals surface area contributed by atoms with Crippen molar-refractivity contribution in [1.29, 1.82) is 0 Å². The van der Waals surface area contributed by atoms with Crippen LogP contribution in [-0.4, -0.2) is 4.98 Å². The van der Waals surface area contributed by atoms with Crippen LogP contribution in [0.15, 0.2) is 10.5 Å². The number of benzene rings is 1. The molecule has 3 nitrogen and oxygen atoms in total. The highest BCUT2D eigenvalue weighted by molar-refractivity contribution is 6.42. The Kier molecular flexibility index (Phi) is 3.00. The molecule has 1 aromatic carbocycles. The Hall–Kier alpha value is -0.930. The molecule has 0 saturated heterocycles. The van der Waals surface area contributed by atoms with Gasteiger partial charge in [0.15, 0.2) is 11.5 Å². The summed E-state index contributed by atoms with van der Waals surface area (Å²) in [6.45, 7) is 6.35. The molecular formula is C12H14Cl2N2O. The number of nitrogen functional groups attached to an aromatic ring is 1. The van der Waals surface area contributed by atoms with Crippen LogP contribution in [0.2, 0.25) is 10.0 Å². The first-order chi connectivity index (χ1) is 7.78. The van der Waals surface area contributed by atoms with Crippen molar-refractivity contribution >= 4 is 40.0 Å². The maximum atomic E-state index is 6.08. The van der Waals surface area contributed by atoms with E-state index in [1.807, 2.05) is 0 Å². The Morgan fingerprint density at radius 1 is 1.35 bits per heavy atom. The highest BCUT2D eigenvalue weighted by atomic mass is 35.5. The second-order valence-electron chi connectivity index (χ2n) is 5.28. The normalized spacial score (nSPS) is 12.3. The van der Waals surface area contributed by atoms with E-state index < -0.39 is 0 Å². The average molecular weight is 273 g/mol. The Morgan fingerprint density at radius 3 is 2.59 bits per heavy atom. The fourth-order valence-corrected chi connectivity index (χ4v) is 2.07. The topological polar surface area (TPSA) is 52.0 Å². The number of nitrogens with zero attached hydrogens (tertiary/aromatic N) is 1. The molecule has 0 unspecified atom stereocenters. The first kappa shape index (κ1) is 12.5. The standard InChI is InChI=1S/C12H14Cl2N2O/c1-12(2,3)5-8-16-11-7(17-8)4-6(13)10(15)9(11)14/h4H,5,15H2,1-3H3. The van der Waals surface area contributed by atoms with Crippen LogP contribution >= 0.6 is 23.2 Å². The lowest BCUT2D eigenvalue weighted by Crippen LogP contribution is -2.09. The van der Waals surface area contributed by atoms with Gasteiger partial charge in [-0.1, -0.05) is 44.0 Å². The van der Waals surface area contributed by atoms with Crippen molar-refractivity contribution in [2.45, 2.75) is 27.2 Å². The SMILES string of the molecule is CC(C)(C)Cc1nc2c(Cl)c(N)c(Cl)cc2o1. The minimum Gasteiger partial charge on any atom is -0.441 e. The highest BCUT2D eigenvalue weighted by Crippen LogP contribution is 2.36. The number of aromatic nitrogens is 1. The van der Waals surface area contributed by atoms with Gasteiger partial charge in [-0.25, -0.2) is 4.98 Å². The van der Waals surface area contributed by atoms with Gasteiger partial charge in [0.05, 0.1) is 15.7 Å². The highest BCUT2D eigenvalue weighted by Gasteiger charge is 2.19. The van der Waals surface area contributed by atoms with Crippen LogP contribution in [0.3, 0.4) is 0 Å². The number of fused-ring (bicyclic) bond motifs is 1. The molecule has 1 aromatic heterocycles. The Balaban J connectivity index is 2.55. The van der Waals surface area contributed by atoms with Crippen LogP contribution in [0.25, 0.3) is 11.1 Å². The number of halogens is 2. The van der Waals surface area contributed by atoms with Crippen molar-refractivity contribution in [3.63, 3.8) is 0 Å². The molecule has 92 valence electrons. The van der Waals surface area contributed by atoms with Gasteiger partial charge in [0.2, 0.25) is 0 Å². The number of rotatable bonds is 1. The van der Waals surface area contributed by atoms with Gasteiger partial charge in [0, 0.05) is 12.5 Å². The molecule has 17 heavy (non-hydrogen) atoms. The molecule has 0 radical (unpaired) electrons. The predicted octanol–water partition coefficient (Wildman–Crippen LogP) is 4.31. The van der Waals surface area contributed by atoms with Gasteiger partial charge in [0.1, 0.15) is 5.52 Å². The van der Waals surface area contributed by atoms with Crippen molar-refractivity contribution in [3.05, 3.63) is 22.0 Å². The molecule has 2 rings (SSSR count). The van der Waals surface area contributed by atoms with E-state index in [0.29, 0.717) is 32.7 Å². The maximum Gasteiger partial charge on any atom is 0.196 e. The third-order valence-corrected chi connectivity index (χ3v) is 3.03. The van der Waals surface area contributed by atoms with E-state index in [2.05, 4.69) is 25.8 Å². The fraction of sp³-hybridized carbons (Fsp3) is 0.417. The zero-order valence-corrected chi connectivity index (χ0v) is 11.5. The van der Waals surface area contributed by atoms with Gasteiger partial charge in [-0.05, 0) is 5.41 Å². The molecule has 1 heterocycles. The molecule has 0 bridgehead atoms.